The van der Waals surface area contributed by atoms with E-state index in [2.05, 4.69) is 5.87 Å². The minimum atomic E-state index is -0.253. The predicted molar refractivity (Wildman–Crippen MR) is 82.1 cm³/mol. The van der Waals surface area contributed by atoms with Crippen molar-refractivity contribution >= 4 is 16.6 Å². The van der Waals surface area contributed by atoms with E-state index in [9.17, 15) is 31.6 Å². The van der Waals surface area contributed by atoms with Crippen LogP contribution < -0.4 is 5.22 Å². The van der Waals surface area contributed by atoms with Crippen LogP contribution >= 0.6 is 0 Å². The minimum Gasteiger partial charge on any atom is -0.258 e. The fourth-order valence-corrected chi connectivity index (χ4v) is 3.17. The highest BCUT2D eigenvalue weighted by molar-refractivity contribution is 6.15. The number of hydrogen-bond acceptors (Lipinski definition) is 7. The second-order valence-electron chi connectivity index (χ2n) is 4.92. The van der Waals surface area contributed by atoms with Gasteiger partial charge in [-0.05, 0) is 5.87 Å². The summed E-state index contributed by atoms with van der Waals surface area (Å²) in [5.41, 5.74) is -0.628. The van der Waals surface area contributed by atoms with Crippen LogP contribution in [0.15, 0.2) is 0 Å². The lowest BCUT2D eigenvalue weighted by Gasteiger charge is -2.05. The average Bonchev–Trinajstić information content (AvgIpc) is 3.14. The van der Waals surface area contributed by atoms with Gasteiger partial charge in [0.15, 0.2) is 0 Å². The molecule has 0 saturated heterocycles. The number of nitrogens with one attached hydrogen (secondary N) is 1. The van der Waals surface area contributed by atoms with Crippen molar-refractivity contribution in [1.29, 1.82) is 37.0 Å². The molecule has 0 atom stereocenters. The van der Waals surface area contributed by atoms with Crippen molar-refractivity contribution in [2.75, 3.05) is 0 Å². The van der Waals surface area contributed by atoms with E-state index in [0.29, 0.717) is 0 Å². The molecule has 1 aromatic rings. The van der Waals surface area contributed by atoms with Crippen molar-refractivity contribution in [2.45, 2.75) is 0 Å². The molecule has 7 nitrogen and oxygen atoms in total. The summed E-state index contributed by atoms with van der Waals surface area (Å²) in [7, 11) is 0. The average molecular weight is 315 g/mol. The molecule has 1 aromatic carbocycles. The first kappa shape index (κ1) is 15.0. The Morgan fingerprint density at radius 3 is 1.36 bits per heavy atom. The zero-order valence-corrected chi connectivity index (χ0v) is 12.2. The van der Waals surface area contributed by atoms with Crippen LogP contribution in [-0.4, -0.2) is 5.87 Å². The molecule has 0 heterocycles. The van der Waals surface area contributed by atoms with Crippen LogP contribution in [0, 0.1) is 73.4 Å². The molecule has 0 aliphatic heterocycles. The van der Waals surface area contributed by atoms with Crippen molar-refractivity contribution in [1.82, 2.24) is 0 Å². The summed E-state index contributed by atoms with van der Waals surface area (Å²) >= 11 is 0. The zero-order valence-electron chi connectivity index (χ0n) is 12.2. The number of hydrogen-bond donors (Lipinski definition) is 1. The number of benzene rings is 1. The number of nitrogens with zero attached hydrogens (tertiary/aromatic N) is 6. The topological polar surface area (TPSA) is 167 Å². The molecule has 0 saturated carbocycles. The van der Waals surface area contributed by atoms with Crippen molar-refractivity contribution < 1.29 is 0 Å². The Balaban J connectivity index is 2.98. The van der Waals surface area contributed by atoms with Crippen molar-refractivity contribution in [3.63, 3.8) is 0 Å². The van der Waals surface area contributed by atoms with Crippen LogP contribution in [0.3, 0.4) is 0 Å². The highest BCUT2D eigenvalue weighted by Crippen LogP contribution is 2.46. The maximum Gasteiger partial charge on any atom is 0.102 e. The summed E-state index contributed by atoms with van der Waals surface area (Å²) in [5.74, 6) is 2.08. The van der Waals surface area contributed by atoms with Gasteiger partial charge in [-0.2, -0.15) is 31.6 Å². The Morgan fingerprint density at radius 2 is 0.920 bits per heavy atom. The summed E-state index contributed by atoms with van der Waals surface area (Å²) in [4.78, 5) is 0. The lowest BCUT2D eigenvalue weighted by Crippen LogP contribution is -2.07. The van der Waals surface area contributed by atoms with Crippen molar-refractivity contribution in [3.05, 3.63) is 38.6 Å². The Morgan fingerprint density at radius 1 is 0.480 bits per heavy atom. The molecular formula is C18HN7. The molecule has 0 bridgehead atoms. The van der Waals surface area contributed by atoms with Gasteiger partial charge in [-0.1, -0.05) is 0 Å². The predicted octanol–water partition coefficient (Wildman–Crippen LogP) is 1.25. The van der Waals surface area contributed by atoms with E-state index in [1.54, 1.807) is 6.07 Å². The molecule has 0 fully saturated rings. The Kier molecular flexibility index (Phi) is 3.04. The third kappa shape index (κ3) is 1.49. The van der Waals surface area contributed by atoms with Gasteiger partial charge >= 0.3 is 0 Å². The second kappa shape index (κ2) is 5.07. The molecule has 1 N–H and O–H groups in total. The van der Waals surface area contributed by atoms with Crippen LogP contribution in [0.25, 0.3) is 21.9 Å². The van der Waals surface area contributed by atoms with Gasteiger partial charge in [-0.25, -0.2) is 0 Å². The van der Waals surface area contributed by atoms with Gasteiger partial charge in [0, 0.05) is 21.9 Å². The standard InChI is InChI=1S/C18HN7/c19-1-8-9(2-20)15-11(4-22)13(6-24)17-14(7-25)12(5-23)16(18(15)17)10(8)3-21/h22H. The molecule has 2 aliphatic carbocycles. The van der Waals surface area contributed by atoms with Crippen LogP contribution in [0.2, 0.25) is 0 Å². The van der Waals surface area contributed by atoms with Crippen LogP contribution in [0.1, 0.15) is 33.4 Å². The third-order valence-corrected chi connectivity index (χ3v) is 4.05. The molecule has 0 amide bonds. The molecule has 0 aromatic heterocycles. The highest BCUT2D eigenvalue weighted by atomic mass is 14.4. The fourth-order valence-electron chi connectivity index (χ4n) is 3.17. The van der Waals surface area contributed by atoms with Gasteiger partial charge < -0.3 is 0 Å². The third-order valence-electron chi connectivity index (χ3n) is 4.05. The maximum atomic E-state index is 9.49. The summed E-state index contributed by atoms with van der Waals surface area (Å²) < 4.78 is 0. The summed E-state index contributed by atoms with van der Waals surface area (Å²) in [6.45, 7) is 0. The Labute approximate surface area is 140 Å². The summed E-state index contributed by atoms with van der Waals surface area (Å²) in [5, 5.41) is 64.4. The van der Waals surface area contributed by atoms with Crippen molar-refractivity contribution in [3.8, 4) is 47.5 Å². The molecular weight excluding hydrogens is 314 g/mol. The summed E-state index contributed by atoms with van der Waals surface area (Å²) in [6, 6.07) is 11.0. The molecule has 7 heteroatoms. The molecule has 3 rings (SSSR count). The van der Waals surface area contributed by atoms with E-state index in [0.717, 1.165) is 0 Å². The molecule has 108 valence electrons. The quantitative estimate of drug-likeness (QED) is 0.612. The monoisotopic (exact) mass is 315 g/mol. The molecule has 0 unspecified atom stereocenters. The van der Waals surface area contributed by atoms with Gasteiger partial charge in [0.1, 0.15) is 36.4 Å². The highest BCUT2D eigenvalue weighted by Gasteiger charge is 2.35. The van der Waals surface area contributed by atoms with Gasteiger partial charge in [0.25, 0.3) is 0 Å². The lowest BCUT2D eigenvalue weighted by atomic mass is 9.92. The summed E-state index contributed by atoms with van der Waals surface area (Å²) in [6.07, 6.45) is 0. The van der Waals surface area contributed by atoms with Gasteiger partial charge in [-0.3, -0.25) is 5.41 Å². The second-order valence-corrected chi connectivity index (χ2v) is 4.92. The molecule has 0 radical (unpaired) electrons. The Bertz CT molecular complexity index is 1400. The van der Waals surface area contributed by atoms with E-state index >= 15 is 0 Å². The van der Waals surface area contributed by atoms with E-state index in [4.69, 9.17) is 5.41 Å². The fraction of sp³-hybridized carbons (Fsp3) is 0. The smallest absolute Gasteiger partial charge is 0.102 e. The SMILES string of the molecule is N#Cc1c2c(C#N)c(=C=N)c3c(C#N)c(C#N)c(C#N)c(c1C#N)c3-2. The molecule has 0 spiro atoms. The first-order valence-electron chi connectivity index (χ1n) is 6.59. The van der Waals surface area contributed by atoms with Gasteiger partial charge in [0.2, 0.25) is 0 Å². The maximum absolute atomic E-state index is 9.49. The van der Waals surface area contributed by atoms with Crippen LogP contribution in [-0.2, 0) is 0 Å². The van der Waals surface area contributed by atoms with E-state index in [-0.39, 0.29) is 60.5 Å². The van der Waals surface area contributed by atoms with E-state index < -0.39 is 0 Å². The number of nitriles is 6. The van der Waals surface area contributed by atoms with Crippen LogP contribution in [0.5, 0.6) is 0 Å². The first-order chi connectivity index (χ1) is 12.1. The van der Waals surface area contributed by atoms with E-state index in [1.807, 2.05) is 30.3 Å². The molecule has 25 heavy (non-hydrogen) atoms. The Hall–Kier alpha value is -4.91. The van der Waals surface area contributed by atoms with Gasteiger partial charge in [-0.15, -0.1) is 0 Å². The lowest BCUT2D eigenvalue weighted by molar-refractivity contribution is 1.42. The first-order valence-corrected chi connectivity index (χ1v) is 6.59. The van der Waals surface area contributed by atoms with Crippen molar-refractivity contribution in [2.24, 2.45) is 0 Å². The normalized spacial score (nSPS) is 9.36. The van der Waals surface area contributed by atoms with E-state index in [1.165, 1.54) is 0 Å². The van der Waals surface area contributed by atoms with Gasteiger partial charge in [0.05, 0.1) is 38.6 Å². The molecule has 2 aliphatic rings. The zero-order chi connectivity index (χ0) is 18.3. The van der Waals surface area contributed by atoms with Crippen LogP contribution in [0.4, 0.5) is 0 Å². The minimum absolute atomic E-state index is 0.0315. The largest absolute Gasteiger partial charge is 0.258 e. The number of rotatable bonds is 0.